The maximum atomic E-state index is 2.50. The van der Waals surface area contributed by atoms with Gasteiger partial charge in [0.05, 0.1) is 0 Å². The third-order valence-corrected chi connectivity index (χ3v) is 6.03. The van der Waals surface area contributed by atoms with Crippen LogP contribution < -0.4 is 0 Å². The van der Waals surface area contributed by atoms with Gasteiger partial charge in [-0.25, -0.2) is 0 Å². The zero-order valence-corrected chi connectivity index (χ0v) is 14.5. The van der Waals surface area contributed by atoms with Gasteiger partial charge in [-0.1, -0.05) is 32.9 Å². The first kappa shape index (κ1) is 14.8. The first-order valence-corrected chi connectivity index (χ1v) is 8.51. The molecule has 114 valence electrons. The number of nitrogens with zero attached hydrogens (tertiary/aromatic N) is 1. The van der Waals surface area contributed by atoms with E-state index in [0.717, 1.165) is 13.0 Å². The monoisotopic (exact) mass is 283 g/mol. The van der Waals surface area contributed by atoms with Gasteiger partial charge in [-0.3, -0.25) is 4.90 Å². The average molecular weight is 283 g/mol. The van der Waals surface area contributed by atoms with Crippen molar-refractivity contribution in [3.63, 3.8) is 0 Å². The lowest BCUT2D eigenvalue weighted by molar-refractivity contribution is 0.230. The molecule has 2 aliphatic rings. The third kappa shape index (κ3) is 2.17. The zero-order chi connectivity index (χ0) is 15.3. The number of fused-ring (bicyclic) bond motifs is 3. The Labute approximate surface area is 130 Å². The molecule has 1 aliphatic heterocycles. The summed E-state index contributed by atoms with van der Waals surface area (Å²) in [7, 11) is 2.27. The Morgan fingerprint density at radius 1 is 1.19 bits per heavy atom. The van der Waals surface area contributed by atoms with Gasteiger partial charge < -0.3 is 0 Å². The van der Waals surface area contributed by atoms with Crippen LogP contribution >= 0.6 is 0 Å². The van der Waals surface area contributed by atoms with Crippen molar-refractivity contribution in [1.29, 1.82) is 0 Å². The van der Waals surface area contributed by atoms with Crippen LogP contribution in [0.3, 0.4) is 0 Å². The fraction of sp³-hybridized carbons (Fsp3) is 0.600. The van der Waals surface area contributed by atoms with Crippen LogP contribution in [-0.4, -0.2) is 18.0 Å². The molecule has 0 spiro atoms. The smallest absolute Gasteiger partial charge is 0.0242 e. The lowest BCUT2D eigenvalue weighted by Crippen LogP contribution is -2.36. The van der Waals surface area contributed by atoms with Gasteiger partial charge in [0.1, 0.15) is 0 Å². The van der Waals surface area contributed by atoms with Crippen LogP contribution in [0.15, 0.2) is 6.08 Å². The van der Waals surface area contributed by atoms with Crippen LogP contribution in [0.5, 0.6) is 0 Å². The maximum Gasteiger partial charge on any atom is 0.0242 e. The molecule has 0 fully saturated rings. The minimum atomic E-state index is 0.647. The molecule has 2 unspecified atom stereocenters. The summed E-state index contributed by atoms with van der Waals surface area (Å²) < 4.78 is 0. The van der Waals surface area contributed by atoms with Crippen molar-refractivity contribution in [3.05, 3.63) is 39.5 Å². The first-order chi connectivity index (χ1) is 9.95. The highest BCUT2D eigenvalue weighted by Gasteiger charge is 2.30. The number of likely N-dealkylation sites (N-methyl/N-ethyl adjacent to an activating group) is 1. The predicted molar refractivity (Wildman–Crippen MR) is 91.8 cm³/mol. The average Bonchev–Trinajstić information content (AvgIpc) is 2.46. The molecule has 0 saturated heterocycles. The summed E-state index contributed by atoms with van der Waals surface area (Å²) in [6.07, 6.45) is 7.20. The van der Waals surface area contributed by atoms with Crippen LogP contribution in [0, 0.1) is 12.8 Å². The molecule has 0 bridgehead atoms. The molecule has 1 heteroatoms. The van der Waals surface area contributed by atoms with E-state index in [4.69, 9.17) is 0 Å². The summed E-state index contributed by atoms with van der Waals surface area (Å²) >= 11 is 0. The number of benzene rings is 1. The van der Waals surface area contributed by atoms with Crippen molar-refractivity contribution in [1.82, 2.24) is 4.90 Å². The lowest BCUT2D eigenvalue weighted by Gasteiger charge is -2.38. The minimum Gasteiger partial charge on any atom is -0.299 e. The fourth-order valence-electron chi connectivity index (χ4n) is 4.26. The second kappa shape index (κ2) is 5.28. The first-order valence-electron chi connectivity index (χ1n) is 8.51. The number of hydrogen-bond donors (Lipinski definition) is 0. The minimum absolute atomic E-state index is 0.647. The molecular formula is C20H29N. The predicted octanol–water partition coefficient (Wildman–Crippen LogP) is 4.70. The van der Waals surface area contributed by atoms with Crippen molar-refractivity contribution < 1.29 is 0 Å². The van der Waals surface area contributed by atoms with E-state index in [-0.39, 0.29) is 0 Å². The Morgan fingerprint density at radius 3 is 2.57 bits per heavy atom. The molecule has 1 aromatic rings. The summed E-state index contributed by atoms with van der Waals surface area (Å²) in [5.74, 6) is 1.30. The van der Waals surface area contributed by atoms with E-state index in [1.54, 1.807) is 33.4 Å². The lowest BCUT2D eigenvalue weighted by atomic mass is 9.72. The molecular weight excluding hydrogens is 254 g/mol. The van der Waals surface area contributed by atoms with Crippen LogP contribution in [0.25, 0.3) is 6.08 Å². The van der Waals surface area contributed by atoms with E-state index in [9.17, 15) is 0 Å². The fourth-order valence-corrected chi connectivity index (χ4v) is 4.26. The van der Waals surface area contributed by atoms with Crippen LogP contribution in [0.4, 0.5) is 0 Å². The number of hydrogen-bond acceptors (Lipinski definition) is 1. The molecule has 1 nitrogen and oxygen atoms in total. The molecule has 0 aromatic heterocycles. The Bertz CT molecular complexity index is 597. The van der Waals surface area contributed by atoms with Gasteiger partial charge in [-0.2, -0.15) is 0 Å². The summed E-state index contributed by atoms with van der Waals surface area (Å²) in [6, 6.07) is 0.655. The van der Waals surface area contributed by atoms with Gasteiger partial charge in [-0.05, 0) is 79.0 Å². The van der Waals surface area contributed by atoms with E-state index >= 15 is 0 Å². The summed E-state index contributed by atoms with van der Waals surface area (Å²) in [5, 5.41) is 0. The topological polar surface area (TPSA) is 3.24 Å². The van der Waals surface area contributed by atoms with Gasteiger partial charge in [0, 0.05) is 12.6 Å². The molecule has 3 rings (SSSR count). The molecule has 0 amide bonds. The van der Waals surface area contributed by atoms with Gasteiger partial charge in [-0.15, -0.1) is 0 Å². The van der Waals surface area contributed by atoms with Crippen LogP contribution in [0.1, 0.15) is 67.0 Å². The molecule has 21 heavy (non-hydrogen) atoms. The van der Waals surface area contributed by atoms with E-state index < -0.39 is 0 Å². The largest absolute Gasteiger partial charge is 0.299 e. The van der Waals surface area contributed by atoms with E-state index in [1.165, 1.54) is 6.42 Å². The number of allylic oxidation sites excluding steroid dienone is 1. The second-order valence-electron chi connectivity index (χ2n) is 7.22. The van der Waals surface area contributed by atoms with Crippen LogP contribution in [-0.2, 0) is 19.4 Å². The van der Waals surface area contributed by atoms with Crippen molar-refractivity contribution in [2.75, 3.05) is 7.05 Å². The number of rotatable bonds is 1. The van der Waals surface area contributed by atoms with Crippen LogP contribution in [0.2, 0.25) is 0 Å². The SMILES string of the molecule is CCc1c(C)c2c(c3c1[C@H](C)C(C)C=C3)CN(C)C(C)C2. The third-order valence-electron chi connectivity index (χ3n) is 6.03. The normalized spacial score (nSPS) is 28.4. The maximum absolute atomic E-state index is 2.50. The van der Waals surface area contributed by atoms with E-state index in [0.29, 0.717) is 17.9 Å². The Morgan fingerprint density at radius 2 is 1.90 bits per heavy atom. The quantitative estimate of drug-likeness (QED) is 0.722. The summed E-state index contributed by atoms with van der Waals surface area (Å²) in [5.41, 5.74) is 9.66. The zero-order valence-electron chi connectivity index (χ0n) is 14.5. The van der Waals surface area contributed by atoms with Gasteiger partial charge >= 0.3 is 0 Å². The highest BCUT2D eigenvalue weighted by molar-refractivity contribution is 5.68. The molecule has 1 aliphatic carbocycles. The second-order valence-corrected chi connectivity index (χ2v) is 7.22. The molecule has 1 heterocycles. The molecule has 0 N–H and O–H groups in total. The summed E-state index contributed by atoms with van der Waals surface area (Å²) in [6.45, 7) is 12.9. The van der Waals surface area contributed by atoms with Crippen molar-refractivity contribution >= 4 is 6.08 Å². The van der Waals surface area contributed by atoms with E-state index in [2.05, 4.69) is 58.7 Å². The van der Waals surface area contributed by atoms with Crippen molar-refractivity contribution in [2.45, 2.75) is 66.0 Å². The van der Waals surface area contributed by atoms with Crippen molar-refractivity contribution in [2.24, 2.45) is 5.92 Å². The molecule has 0 saturated carbocycles. The van der Waals surface area contributed by atoms with Crippen molar-refractivity contribution in [3.8, 4) is 0 Å². The Hall–Kier alpha value is -1.08. The Kier molecular flexibility index (Phi) is 3.73. The molecule has 0 radical (unpaired) electrons. The van der Waals surface area contributed by atoms with Gasteiger partial charge in [0.15, 0.2) is 0 Å². The summed E-state index contributed by atoms with van der Waals surface area (Å²) in [4.78, 5) is 2.50. The van der Waals surface area contributed by atoms with Gasteiger partial charge in [0.2, 0.25) is 0 Å². The molecule has 1 aromatic carbocycles. The van der Waals surface area contributed by atoms with Gasteiger partial charge in [0.25, 0.3) is 0 Å². The highest BCUT2D eigenvalue weighted by atomic mass is 15.1. The molecule has 3 atom stereocenters. The highest BCUT2D eigenvalue weighted by Crippen LogP contribution is 2.42. The van der Waals surface area contributed by atoms with E-state index in [1.807, 2.05) is 0 Å². The Balaban J connectivity index is 2.29. The standard InChI is InChI=1S/C20H29N/c1-7-16-15(5)18-10-13(3)21(6)11-19(18)17-9-8-12(2)14(4)20(16)17/h8-9,12-14H,7,10-11H2,1-6H3/t12?,13?,14-/m1/s1.